The van der Waals surface area contributed by atoms with Gasteiger partial charge in [0.15, 0.2) is 5.03 Å². The maximum absolute atomic E-state index is 12.8. The number of piperazine rings is 1. The van der Waals surface area contributed by atoms with Crippen molar-refractivity contribution < 1.29 is 13.2 Å². The van der Waals surface area contributed by atoms with Crippen molar-refractivity contribution in [3.63, 3.8) is 0 Å². The number of thiazole rings is 1. The number of aryl methyl sites for hydroxylation is 1. The molecule has 2 heterocycles. The first-order chi connectivity index (χ1) is 11.9. The molecule has 1 saturated heterocycles. The van der Waals surface area contributed by atoms with Crippen LogP contribution in [-0.4, -0.2) is 54.7 Å². The minimum absolute atomic E-state index is 0.0688. The Hall–Kier alpha value is -2.03. The van der Waals surface area contributed by atoms with Crippen LogP contribution in [0.5, 0.6) is 0 Å². The van der Waals surface area contributed by atoms with Crippen LogP contribution in [0.3, 0.4) is 0 Å². The first-order valence-corrected chi connectivity index (χ1v) is 10.2. The largest absolute Gasteiger partial charge is 0.337 e. The average Bonchev–Trinajstić information content (AvgIpc) is 3.12. The van der Waals surface area contributed by atoms with Gasteiger partial charge in [0.2, 0.25) is 5.91 Å². The Morgan fingerprint density at radius 1 is 1.24 bits per heavy atom. The van der Waals surface area contributed by atoms with E-state index < -0.39 is 10.0 Å². The van der Waals surface area contributed by atoms with Crippen LogP contribution in [0.25, 0.3) is 10.6 Å². The van der Waals surface area contributed by atoms with Gasteiger partial charge in [-0.1, -0.05) is 30.8 Å². The molecule has 1 aliphatic rings. The summed E-state index contributed by atoms with van der Waals surface area (Å²) in [4.78, 5) is 17.6. The zero-order chi connectivity index (χ0) is 18.0. The van der Waals surface area contributed by atoms with E-state index in [1.165, 1.54) is 21.7 Å². The number of benzene rings is 1. The SMILES string of the molecule is C=CC(=O)N1CCN(S(=O)(=O)c2csc(-c3ccccc3C)n2)CC1. The highest BCUT2D eigenvalue weighted by Crippen LogP contribution is 2.29. The molecule has 3 rings (SSSR count). The summed E-state index contributed by atoms with van der Waals surface area (Å²) in [7, 11) is -3.65. The van der Waals surface area contributed by atoms with E-state index in [2.05, 4.69) is 11.6 Å². The molecule has 0 bridgehead atoms. The molecule has 1 aromatic carbocycles. The molecule has 0 aliphatic carbocycles. The standard InChI is InChI=1S/C17H19N3O3S2/c1-3-16(21)19-8-10-20(11-9-19)25(22,23)15-12-24-17(18-15)14-7-5-4-6-13(14)2/h3-7,12H,1,8-11H2,2H3. The molecule has 1 fully saturated rings. The van der Waals surface area contributed by atoms with E-state index in [1.54, 1.807) is 10.3 Å². The molecule has 2 aromatic rings. The van der Waals surface area contributed by atoms with Crippen LogP contribution in [0.1, 0.15) is 5.56 Å². The Balaban J connectivity index is 1.79. The van der Waals surface area contributed by atoms with Crippen molar-refractivity contribution in [3.8, 4) is 10.6 Å². The maximum Gasteiger partial charge on any atom is 0.261 e. The van der Waals surface area contributed by atoms with E-state index in [1.807, 2.05) is 31.2 Å². The first kappa shape index (κ1) is 17.8. The highest BCUT2D eigenvalue weighted by molar-refractivity contribution is 7.89. The highest BCUT2D eigenvalue weighted by Gasteiger charge is 2.31. The molecule has 0 saturated carbocycles. The van der Waals surface area contributed by atoms with Gasteiger partial charge in [0.25, 0.3) is 10.0 Å². The minimum atomic E-state index is -3.65. The van der Waals surface area contributed by atoms with Crippen LogP contribution in [0.15, 0.2) is 47.3 Å². The summed E-state index contributed by atoms with van der Waals surface area (Å²) < 4.78 is 27.0. The van der Waals surface area contributed by atoms with Crippen LogP contribution in [0, 0.1) is 6.92 Å². The minimum Gasteiger partial charge on any atom is -0.337 e. The quantitative estimate of drug-likeness (QED) is 0.766. The van der Waals surface area contributed by atoms with Gasteiger partial charge in [0.05, 0.1) is 0 Å². The van der Waals surface area contributed by atoms with Gasteiger partial charge in [-0.05, 0) is 18.6 Å². The van der Waals surface area contributed by atoms with E-state index in [0.29, 0.717) is 18.1 Å². The lowest BCUT2D eigenvalue weighted by molar-refractivity contribution is -0.127. The zero-order valence-corrected chi connectivity index (χ0v) is 15.5. The molecule has 25 heavy (non-hydrogen) atoms. The molecule has 1 amide bonds. The summed E-state index contributed by atoms with van der Waals surface area (Å²) in [6.45, 7) is 6.68. The fourth-order valence-corrected chi connectivity index (χ4v) is 5.30. The monoisotopic (exact) mass is 377 g/mol. The second-order valence-electron chi connectivity index (χ2n) is 5.74. The van der Waals surface area contributed by atoms with Crippen LogP contribution in [0.4, 0.5) is 0 Å². The number of rotatable bonds is 4. The van der Waals surface area contributed by atoms with E-state index in [-0.39, 0.29) is 24.0 Å². The smallest absolute Gasteiger partial charge is 0.261 e. The lowest BCUT2D eigenvalue weighted by atomic mass is 10.1. The number of nitrogens with zero attached hydrogens (tertiary/aromatic N) is 3. The predicted molar refractivity (Wildman–Crippen MR) is 97.8 cm³/mol. The van der Waals surface area contributed by atoms with Gasteiger partial charge < -0.3 is 4.90 Å². The number of amides is 1. The number of hydrogen-bond acceptors (Lipinski definition) is 5. The summed E-state index contributed by atoms with van der Waals surface area (Å²) in [5, 5.41) is 2.34. The summed E-state index contributed by atoms with van der Waals surface area (Å²) >= 11 is 1.32. The van der Waals surface area contributed by atoms with Gasteiger partial charge in [0.1, 0.15) is 5.01 Å². The summed E-state index contributed by atoms with van der Waals surface area (Å²) in [6, 6.07) is 7.76. The van der Waals surface area contributed by atoms with Gasteiger partial charge in [0, 0.05) is 37.1 Å². The van der Waals surface area contributed by atoms with Gasteiger partial charge in [-0.15, -0.1) is 11.3 Å². The maximum atomic E-state index is 12.8. The molecule has 1 aromatic heterocycles. The summed E-state index contributed by atoms with van der Waals surface area (Å²) in [6.07, 6.45) is 1.25. The van der Waals surface area contributed by atoms with Gasteiger partial charge in [-0.2, -0.15) is 4.31 Å². The third-order valence-electron chi connectivity index (χ3n) is 4.19. The fourth-order valence-electron chi connectivity index (χ4n) is 2.72. The average molecular weight is 377 g/mol. The van der Waals surface area contributed by atoms with Crippen molar-refractivity contribution in [2.45, 2.75) is 11.9 Å². The second-order valence-corrected chi connectivity index (χ2v) is 8.48. The Labute approximate surface area is 151 Å². The van der Waals surface area contributed by atoms with Gasteiger partial charge in [-0.3, -0.25) is 4.79 Å². The third-order valence-corrected chi connectivity index (χ3v) is 7.00. The van der Waals surface area contributed by atoms with E-state index in [0.717, 1.165) is 11.1 Å². The molecule has 1 aliphatic heterocycles. The number of sulfonamides is 1. The van der Waals surface area contributed by atoms with Crippen molar-refractivity contribution >= 4 is 27.3 Å². The molecule has 0 radical (unpaired) electrons. The topological polar surface area (TPSA) is 70.6 Å². The molecule has 132 valence electrons. The first-order valence-electron chi connectivity index (χ1n) is 7.86. The molecule has 6 nitrogen and oxygen atoms in total. The molecule has 0 N–H and O–H groups in total. The zero-order valence-electron chi connectivity index (χ0n) is 13.9. The van der Waals surface area contributed by atoms with Crippen molar-refractivity contribution in [2.24, 2.45) is 0 Å². The van der Waals surface area contributed by atoms with Crippen molar-refractivity contribution in [2.75, 3.05) is 26.2 Å². The lowest BCUT2D eigenvalue weighted by Gasteiger charge is -2.32. The van der Waals surface area contributed by atoms with Crippen LogP contribution in [0.2, 0.25) is 0 Å². The van der Waals surface area contributed by atoms with Gasteiger partial charge in [-0.25, -0.2) is 13.4 Å². The van der Waals surface area contributed by atoms with Crippen LogP contribution in [-0.2, 0) is 14.8 Å². The Morgan fingerprint density at radius 2 is 1.92 bits per heavy atom. The molecule has 0 unspecified atom stereocenters. The van der Waals surface area contributed by atoms with E-state index >= 15 is 0 Å². The van der Waals surface area contributed by atoms with Crippen LogP contribution >= 0.6 is 11.3 Å². The van der Waals surface area contributed by atoms with Crippen molar-refractivity contribution in [3.05, 3.63) is 47.9 Å². The normalized spacial score (nSPS) is 16.0. The molecular weight excluding hydrogens is 358 g/mol. The third kappa shape index (κ3) is 3.51. The van der Waals surface area contributed by atoms with Crippen molar-refractivity contribution in [1.82, 2.24) is 14.2 Å². The Kier molecular flexibility index (Phi) is 5.03. The number of carbonyl (C=O) groups excluding carboxylic acids is 1. The number of aromatic nitrogens is 1. The molecule has 0 atom stereocenters. The van der Waals surface area contributed by atoms with Crippen LogP contribution < -0.4 is 0 Å². The van der Waals surface area contributed by atoms with Gasteiger partial charge >= 0.3 is 0 Å². The summed E-state index contributed by atoms with van der Waals surface area (Å²) in [5.74, 6) is -0.174. The van der Waals surface area contributed by atoms with E-state index in [4.69, 9.17) is 0 Å². The van der Waals surface area contributed by atoms with E-state index in [9.17, 15) is 13.2 Å². The fraction of sp³-hybridized carbons (Fsp3) is 0.294. The number of carbonyl (C=O) groups is 1. The highest BCUT2D eigenvalue weighted by atomic mass is 32.2. The Bertz CT molecular complexity index is 897. The Morgan fingerprint density at radius 3 is 2.56 bits per heavy atom. The lowest BCUT2D eigenvalue weighted by Crippen LogP contribution is -2.50. The van der Waals surface area contributed by atoms with Crippen molar-refractivity contribution in [1.29, 1.82) is 0 Å². The molecule has 0 spiro atoms. The predicted octanol–water partition coefficient (Wildman–Crippen LogP) is 2.14. The molecule has 8 heteroatoms. The number of hydrogen-bond donors (Lipinski definition) is 0. The second kappa shape index (κ2) is 7.07. The molecular formula is C17H19N3O3S2. The summed E-state index contributed by atoms with van der Waals surface area (Å²) in [5.41, 5.74) is 1.99.